The molecular formula is C18H22O2. The van der Waals surface area contributed by atoms with Crippen LogP contribution in [0.2, 0.25) is 0 Å². The molecule has 0 amide bonds. The topological polar surface area (TPSA) is 40.5 Å². The third kappa shape index (κ3) is 3.27. The molecule has 0 spiro atoms. The summed E-state index contributed by atoms with van der Waals surface area (Å²) in [5, 5.41) is 20.8. The molecule has 20 heavy (non-hydrogen) atoms. The number of aryl methyl sites for hydroxylation is 4. The average molecular weight is 270 g/mol. The van der Waals surface area contributed by atoms with Crippen molar-refractivity contribution in [1.29, 1.82) is 0 Å². The molecular weight excluding hydrogens is 248 g/mol. The number of hydrogen-bond donors (Lipinski definition) is 2. The monoisotopic (exact) mass is 270 g/mol. The molecule has 0 aromatic heterocycles. The minimum absolute atomic E-state index is 0.758. The third-order valence-electron chi connectivity index (χ3n) is 3.47. The number of hydrogen-bond acceptors (Lipinski definition) is 2. The first-order valence-corrected chi connectivity index (χ1v) is 6.89. The quantitative estimate of drug-likeness (QED) is 0.893. The van der Waals surface area contributed by atoms with Crippen LogP contribution in [0.3, 0.4) is 0 Å². The molecule has 2 heteroatoms. The zero-order valence-electron chi connectivity index (χ0n) is 12.5. The molecule has 0 aliphatic carbocycles. The van der Waals surface area contributed by atoms with Gasteiger partial charge in [-0.05, 0) is 38.8 Å². The van der Waals surface area contributed by atoms with Crippen LogP contribution in [0, 0.1) is 27.7 Å². The van der Waals surface area contributed by atoms with Gasteiger partial charge in [0.1, 0.15) is 12.2 Å². The third-order valence-corrected chi connectivity index (χ3v) is 3.47. The van der Waals surface area contributed by atoms with Crippen LogP contribution >= 0.6 is 0 Å². The SMILES string of the molecule is Cc1cc(C)cc([C@@H](O)[C@@H](O)c2cc(C)cc(C)c2)c1. The van der Waals surface area contributed by atoms with Gasteiger partial charge in [0.05, 0.1) is 0 Å². The van der Waals surface area contributed by atoms with E-state index in [0.29, 0.717) is 0 Å². The van der Waals surface area contributed by atoms with Crippen LogP contribution in [-0.4, -0.2) is 10.2 Å². The molecule has 2 atom stereocenters. The van der Waals surface area contributed by atoms with Gasteiger partial charge in [-0.3, -0.25) is 0 Å². The molecule has 0 aliphatic rings. The van der Waals surface area contributed by atoms with Crippen molar-refractivity contribution in [2.45, 2.75) is 39.9 Å². The lowest BCUT2D eigenvalue weighted by Crippen LogP contribution is -2.11. The Morgan fingerprint density at radius 2 is 0.800 bits per heavy atom. The summed E-state index contributed by atoms with van der Waals surface area (Å²) in [6, 6.07) is 11.8. The van der Waals surface area contributed by atoms with E-state index in [0.717, 1.165) is 33.4 Å². The van der Waals surface area contributed by atoms with Crippen molar-refractivity contribution in [2.24, 2.45) is 0 Å². The Labute approximate surface area is 120 Å². The smallest absolute Gasteiger partial charge is 0.109 e. The molecule has 2 rings (SSSR count). The maximum atomic E-state index is 10.4. The van der Waals surface area contributed by atoms with E-state index in [2.05, 4.69) is 12.1 Å². The Bertz CT molecular complexity index is 521. The Hall–Kier alpha value is -1.64. The van der Waals surface area contributed by atoms with Crippen LogP contribution in [-0.2, 0) is 0 Å². The highest BCUT2D eigenvalue weighted by molar-refractivity contribution is 5.34. The zero-order valence-corrected chi connectivity index (χ0v) is 12.5. The molecule has 0 bridgehead atoms. The summed E-state index contributed by atoms with van der Waals surface area (Å²) in [7, 11) is 0. The summed E-state index contributed by atoms with van der Waals surface area (Å²) >= 11 is 0. The number of benzene rings is 2. The van der Waals surface area contributed by atoms with E-state index < -0.39 is 12.2 Å². The Kier molecular flexibility index (Phi) is 4.26. The molecule has 0 saturated heterocycles. The Morgan fingerprint density at radius 1 is 0.550 bits per heavy atom. The van der Waals surface area contributed by atoms with Gasteiger partial charge in [-0.25, -0.2) is 0 Å². The second kappa shape index (κ2) is 5.78. The fourth-order valence-corrected chi connectivity index (χ4v) is 2.73. The molecule has 2 aromatic rings. The minimum Gasteiger partial charge on any atom is -0.385 e. The lowest BCUT2D eigenvalue weighted by molar-refractivity contribution is 0.0171. The predicted octanol–water partition coefficient (Wildman–Crippen LogP) is 3.69. The minimum atomic E-state index is -0.908. The average Bonchev–Trinajstić information content (AvgIpc) is 2.34. The van der Waals surface area contributed by atoms with Crippen molar-refractivity contribution < 1.29 is 10.2 Å². The van der Waals surface area contributed by atoms with Gasteiger partial charge in [-0.15, -0.1) is 0 Å². The molecule has 0 aliphatic heterocycles. The van der Waals surface area contributed by atoms with Gasteiger partial charge in [-0.1, -0.05) is 58.7 Å². The van der Waals surface area contributed by atoms with Crippen molar-refractivity contribution >= 4 is 0 Å². The maximum Gasteiger partial charge on any atom is 0.109 e. The largest absolute Gasteiger partial charge is 0.385 e. The summed E-state index contributed by atoms with van der Waals surface area (Å²) in [5.74, 6) is 0. The second-order valence-corrected chi connectivity index (χ2v) is 5.73. The van der Waals surface area contributed by atoms with Gasteiger partial charge in [0.2, 0.25) is 0 Å². The van der Waals surface area contributed by atoms with Crippen LogP contribution in [0.15, 0.2) is 36.4 Å². The van der Waals surface area contributed by atoms with Crippen LogP contribution < -0.4 is 0 Å². The molecule has 0 heterocycles. The van der Waals surface area contributed by atoms with Crippen molar-refractivity contribution in [1.82, 2.24) is 0 Å². The highest BCUT2D eigenvalue weighted by Gasteiger charge is 2.21. The van der Waals surface area contributed by atoms with Crippen LogP contribution in [0.25, 0.3) is 0 Å². The van der Waals surface area contributed by atoms with Gasteiger partial charge < -0.3 is 10.2 Å². The van der Waals surface area contributed by atoms with E-state index in [1.54, 1.807) is 0 Å². The predicted molar refractivity (Wildman–Crippen MR) is 81.8 cm³/mol. The van der Waals surface area contributed by atoms with Crippen LogP contribution in [0.1, 0.15) is 45.6 Å². The van der Waals surface area contributed by atoms with E-state index in [1.165, 1.54) is 0 Å². The maximum absolute atomic E-state index is 10.4. The zero-order chi connectivity index (χ0) is 14.9. The van der Waals surface area contributed by atoms with E-state index in [9.17, 15) is 10.2 Å². The van der Waals surface area contributed by atoms with Gasteiger partial charge in [0, 0.05) is 0 Å². The number of rotatable bonds is 3. The summed E-state index contributed by atoms with van der Waals surface area (Å²) in [5.41, 5.74) is 5.88. The van der Waals surface area contributed by atoms with E-state index >= 15 is 0 Å². The Morgan fingerprint density at radius 3 is 1.05 bits per heavy atom. The lowest BCUT2D eigenvalue weighted by Gasteiger charge is -2.20. The molecule has 2 nitrogen and oxygen atoms in total. The van der Waals surface area contributed by atoms with E-state index in [4.69, 9.17) is 0 Å². The van der Waals surface area contributed by atoms with Crippen molar-refractivity contribution in [3.63, 3.8) is 0 Å². The van der Waals surface area contributed by atoms with Gasteiger partial charge in [-0.2, -0.15) is 0 Å². The second-order valence-electron chi connectivity index (χ2n) is 5.73. The molecule has 0 radical (unpaired) electrons. The highest BCUT2D eigenvalue weighted by atomic mass is 16.3. The number of aliphatic hydroxyl groups excluding tert-OH is 2. The van der Waals surface area contributed by atoms with Crippen molar-refractivity contribution in [3.05, 3.63) is 69.8 Å². The standard InChI is InChI=1S/C18H22O2/c1-11-5-12(2)8-15(7-11)17(19)18(20)16-9-13(3)6-14(4)10-16/h5-10,17-20H,1-4H3/t17-,18+. The summed E-state index contributed by atoms with van der Waals surface area (Å²) < 4.78 is 0. The van der Waals surface area contributed by atoms with Gasteiger partial charge in [0.25, 0.3) is 0 Å². The molecule has 0 saturated carbocycles. The number of aliphatic hydroxyl groups is 2. The summed E-state index contributed by atoms with van der Waals surface area (Å²) in [6.07, 6.45) is -1.82. The molecule has 0 fully saturated rings. The summed E-state index contributed by atoms with van der Waals surface area (Å²) in [4.78, 5) is 0. The van der Waals surface area contributed by atoms with Crippen LogP contribution in [0.4, 0.5) is 0 Å². The lowest BCUT2D eigenvalue weighted by atomic mass is 9.94. The first-order chi connectivity index (χ1) is 9.36. The fourth-order valence-electron chi connectivity index (χ4n) is 2.73. The van der Waals surface area contributed by atoms with Crippen molar-refractivity contribution in [2.75, 3.05) is 0 Å². The Balaban J connectivity index is 2.34. The first-order valence-electron chi connectivity index (χ1n) is 6.89. The highest BCUT2D eigenvalue weighted by Crippen LogP contribution is 2.30. The molecule has 106 valence electrons. The van der Waals surface area contributed by atoms with Crippen molar-refractivity contribution in [3.8, 4) is 0 Å². The molecule has 2 N–H and O–H groups in total. The van der Waals surface area contributed by atoms with Gasteiger partial charge in [0.15, 0.2) is 0 Å². The summed E-state index contributed by atoms with van der Waals surface area (Å²) in [6.45, 7) is 7.97. The fraction of sp³-hybridized carbons (Fsp3) is 0.333. The molecule has 2 aromatic carbocycles. The first kappa shape index (κ1) is 14.8. The van der Waals surface area contributed by atoms with E-state index in [-0.39, 0.29) is 0 Å². The van der Waals surface area contributed by atoms with Crippen LogP contribution in [0.5, 0.6) is 0 Å². The van der Waals surface area contributed by atoms with Gasteiger partial charge >= 0.3 is 0 Å². The van der Waals surface area contributed by atoms with E-state index in [1.807, 2.05) is 52.0 Å². The normalized spacial score (nSPS) is 14.1. The molecule has 0 unspecified atom stereocenters.